The summed E-state index contributed by atoms with van der Waals surface area (Å²) in [5.74, 6) is -2.44. The van der Waals surface area contributed by atoms with Crippen LogP contribution in [0.1, 0.15) is 45.7 Å². The molecule has 2 aromatic carbocycles. The van der Waals surface area contributed by atoms with Gasteiger partial charge in [-0.05, 0) is 191 Å². The number of nitrogens with one attached hydrogen (secondary N) is 3. The van der Waals surface area contributed by atoms with E-state index in [1.54, 1.807) is 87.4 Å². The van der Waals surface area contributed by atoms with Crippen molar-refractivity contribution >= 4 is 130 Å². The van der Waals surface area contributed by atoms with Gasteiger partial charge in [0.05, 0.1) is 22.8 Å². The molecule has 0 saturated carbocycles. The Balaban J connectivity index is 0.000000164. The minimum atomic E-state index is -3.97. The molecule has 0 aliphatic carbocycles. The number of aliphatic imine (C=N–C) groups is 2. The van der Waals surface area contributed by atoms with Gasteiger partial charge in [0.2, 0.25) is 32.0 Å². The number of nitrogens with two attached hydrogens (primary N) is 1. The highest BCUT2D eigenvalue weighted by Gasteiger charge is 2.45. The second-order valence-electron chi connectivity index (χ2n) is 33.4. The van der Waals surface area contributed by atoms with Crippen molar-refractivity contribution in [2.24, 2.45) is 15.7 Å². The first-order valence-corrected chi connectivity index (χ1v) is 52.0. The van der Waals surface area contributed by atoms with Crippen molar-refractivity contribution in [1.29, 1.82) is 0 Å². The number of carbonyl (C=O) groups is 1. The fourth-order valence-corrected chi connectivity index (χ4v) is 17.7. The molecule has 10 aromatic heterocycles. The van der Waals surface area contributed by atoms with Crippen LogP contribution in [0.15, 0.2) is 181 Å². The van der Waals surface area contributed by atoms with Crippen LogP contribution >= 0.6 is 0 Å². The van der Waals surface area contributed by atoms with E-state index >= 15 is 4.39 Å². The summed E-state index contributed by atoms with van der Waals surface area (Å²) in [5, 5.41) is 26.4. The van der Waals surface area contributed by atoms with Gasteiger partial charge in [-0.2, -0.15) is 0 Å². The molecule has 115 heavy (non-hydrogen) atoms. The molecule has 14 rings (SSSR count). The third kappa shape index (κ3) is 23.1. The lowest BCUT2D eigenvalue weighted by atomic mass is 9.86. The number of carbonyl (C=O) groups excluding carboxylic acids is 1. The molecular formula is C80H105BF2N16O11S2Si3. The summed E-state index contributed by atoms with van der Waals surface area (Å²) in [6.45, 7) is 32.3. The molecule has 0 unspecified atom stereocenters. The van der Waals surface area contributed by atoms with Crippen molar-refractivity contribution in [2.75, 3.05) is 45.4 Å². The summed E-state index contributed by atoms with van der Waals surface area (Å²) in [4.78, 5) is 49.0. The maximum absolute atomic E-state index is 15.5. The predicted octanol–water partition coefficient (Wildman–Crippen LogP) is 13.6. The Morgan fingerprint density at radius 2 is 1.05 bits per heavy atom. The molecule has 27 nitrogen and oxygen atoms in total. The maximum atomic E-state index is 15.5. The molecule has 35 heteroatoms. The van der Waals surface area contributed by atoms with Crippen molar-refractivity contribution in [1.82, 2.24) is 62.5 Å². The first-order chi connectivity index (χ1) is 54.0. The number of halogens is 2. The number of guanidine groups is 2. The van der Waals surface area contributed by atoms with E-state index in [-0.39, 0.29) is 42.3 Å². The Morgan fingerprint density at radius 3 is 1.60 bits per heavy atom. The van der Waals surface area contributed by atoms with Crippen LogP contribution in [0, 0.1) is 11.6 Å². The van der Waals surface area contributed by atoms with Gasteiger partial charge in [-0.25, -0.2) is 73.9 Å². The number of ether oxygens (including phenoxy) is 4. The Kier molecular flexibility index (Phi) is 27.5. The van der Waals surface area contributed by atoms with E-state index in [4.69, 9.17) is 24.7 Å². The number of sulfonamides is 2. The zero-order valence-corrected chi connectivity index (χ0v) is 72.7. The quantitative estimate of drug-likeness (QED) is 0.0305. The highest BCUT2D eigenvalue weighted by atomic mass is 32.2. The van der Waals surface area contributed by atoms with E-state index in [1.807, 2.05) is 96.0 Å². The molecule has 7 N–H and O–H groups in total. The number of aromatic amines is 2. The molecule has 2 aliphatic heterocycles. The van der Waals surface area contributed by atoms with Gasteiger partial charge in [0.15, 0.2) is 0 Å². The Bertz CT molecular complexity index is 5640. The molecule has 1 amide bonds. The average Bonchev–Trinajstić information content (AvgIpc) is 1.67. The first kappa shape index (κ1) is 87.6. The van der Waals surface area contributed by atoms with Crippen LogP contribution in [-0.4, -0.2) is 184 Å². The van der Waals surface area contributed by atoms with E-state index in [0.29, 0.717) is 48.0 Å². The van der Waals surface area contributed by atoms with Crippen molar-refractivity contribution in [3.05, 3.63) is 194 Å². The SMILES string of the molecule is CN1C(N)=N[C@](C)(c2cc(-c3cc4cccnc4[nH]3)ccc2F)CS1(=O)=O.CN1C(NC(=O)OC(C)(C)C)=N[C@](C)(c2cc(-c3cc4cccnc4n3COCC[Si](C)(C)C)ccc2F)CS1(=O)=O.C[Si](C)(C)CCOCn1c(B(O)O)cc2cccnc21.C[Si](C)(C)CCOCn1ccc2cccnc21.c1cnc2[nH]ccc2c1. The molecule has 0 saturated heterocycles. The van der Waals surface area contributed by atoms with Crippen LogP contribution in [0.25, 0.3) is 77.7 Å². The van der Waals surface area contributed by atoms with Gasteiger partial charge in [0.25, 0.3) is 0 Å². The lowest BCUT2D eigenvalue weighted by Gasteiger charge is -2.36. The van der Waals surface area contributed by atoms with Gasteiger partial charge < -0.3 is 58.4 Å². The van der Waals surface area contributed by atoms with Crippen LogP contribution in [0.2, 0.25) is 77.1 Å². The van der Waals surface area contributed by atoms with Gasteiger partial charge in [0.1, 0.15) is 76.7 Å². The highest BCUT2D eigenvalue weighted by molar-refractivity contribution is 7.90. The molecule has 0 bridgehead atoms. The number of amides is 1. The minimum Gasteiger partial charge on any atom is -0.444 e. The minimum absolute atomic E-state index is 0.0737. The monoisotopic (exact) mass is 1660 g/mol. The third-order valence-corrected chi connectivity index (χ3v) is 27.9. The standard InChI is InChI=1S/C29H40FN5O5SSi.C18H18FN5O2S.C13H21BN2O3Si.C13H20N2OSi.C7H6N2/c1-28(2,3)40-27(36)32-26-33-29(4,18-41(37,38)34(26)5)22-16-20(11-12-23(22)30)24-17-21-10-9-13-31-25(21)35(24)19-39-14-15-42(6,7)8;1-18(10-27(25,26)24(2)17(20)23-18)13-8-11(5-6-14(13)19)15-9-12-4-3-7-21-16(12)22-15;1-20(2,3)8-7-19-10-16-12(14(17)18)9-11-5-4-6-15-13(11)16;1-17(2,3)10-9-16-11-15-8-6-12-5-4-7-14-13(12)15;1-2-6-3-5-9-7(6)8-4-1/h9-13,16-17H,14-15,18-19H2,1-8H3,(H,32,33,36);3-9H,10H2,1-2H3,(H2,20,23)(H,21,22);4-6,9,17-18H,7-8,10H2,1-3H3;4-8H,9-11H2,1-3H3;1-5H,(H,8,9)/t29-;18-;;;/m00.../s1. The van der Waals surface area contributed by atoms with Crippen LogP contribution in [0.5, 0.6) is 0 Å². The summed E-state index contributed by atoms with van der Waals surface area (Å²) in [5.41, 5.74) is 9.71. The first-order valence-electron chi connectivity index (χ1n) is 37.7. The van der Waals surface area contributed by atoms with Crippen molar-refractivity contribution in [2.45, 2.75) is 149 Å². The van der Waals surface area contributed by atoms with Gasteiger partial charge in [-0.15, -0.1) is 0 Å². The molecule has 0 spiro atoms. The Labute approximate surface area is 673 Å². The van der Waals surface area contributed by atoms with E-state index in [0.717, 1.165) is 77.2 Å². The normalized spacial score (nSPS) is 16.8. The number of fused-ring (bicyclic) bond motifs is 5. The maximum Gasteiger partial charge on any atom is 0.506 e. The van der Waals surface area contributed by atoms with E-state index in [9.17, 15) is 36.1 Å². The molecule has 0 radical (unpaired) electrons. The number of alkyl carbamates (subject to hydrolysis) is 1. The number of benzene rings is 2. The second-order valence-corrected chi connectivity index (χ2v) is 54.2. The van der Waals surface area contributed by atoms with Gasteiger partial charge >= 0.3 is 13.2 Å². The van der Waals surface area contributed by atoms with E-state index in [1.165, 1.54) is 44.6 Å². The third-order valence-electron chi connectivity index (χ3n) is 18.9. The van der Waals surface area contributed by atoms with Crippen molar-refractivity contribution in [3.8, 4) is 22.5 Å². The summed E-state index contributed by atoms with van der Waals surface area (Å²) in [6.07, 6.45) is 11.7. The molecule has 0 fully saturated rings. The van der Waals surface area contributed by atoms with Crippen LogP contribution in [0.3, 0.4) is 0 Å². The Morgan fingerprint density at radius 1 is 0.574 bits per heavy atom. The summed E-state index contributed by atoms with van der Waals surface area (Å²) in [7, 11) is -9.96. The fraction of sp³-hybridized carbons (Fsp3) is 0.375. The molecule has 612 valence electrons. The molecule has 12 heterocycles. The largest absolute Gasteiger partial charge is 0.506 e. The number of hydrogen-bond donors (Lipinski definition) is 6. The van der Waals surface area contributed by atoms with Crippen LogP contribution < -0.4 is 16.6 Å². The number of rotatable bonds is 20. The summed E-state index contributed by atoms with van der Waals surface area (Å²) < 4.78 is 112. The molecule has 2 atom stereocenters. The topological polar surface area (TPSA) is 343 Å². The van der Waals surface area contributed by atoms with Gasteiger partial charge in [-0.3, -0.25) is 5.32 Å². The fourth-order valence-electron chi connectivity index (χ4n) is 12.5. The zero-order valence-electron chi connectivity index (χ0n) is 68.1. The van der Waals surface area contributed by atoms with Gasteiger partial charge in [-0.1, -0.05) is 58.9 Å². The number of pyridine rings is 5. The van der Waals surface area contributed by atoms with Gasteiger partial charge in [0, 0.05) is 145 Å². The average molecular weight is 1660 g/mol. The number of hydrogen-bond acceptors (Lipinski definition) is 19. The molecular weight excluding hydrogens is 1560 g/mol. The molecule has 12 aromatic rings. The predicted molar refractivity (Wildman–Crippen MR) is 461 cm³/mol. The molecule has 2 aliphatic rings. The Hall–Kier alpha value is -9.82. The smallest absolute Gasteiger partial charge is 0.444 e. The van der Waals surface area contributed by atoms with E-state index < -0.39 is 91.5 Å². The summed E-state index contributed by atoms with van der Waals surface area (Å²) >= 11 is 0. The number of nitrogens with zero attached hydrogens (tertiary/aromatic N) is 12. The zero-order chi connectivity index (χ0) is 83.6. The number of aromatic nitrogens is 10. The number of H-pyrrole nitrogens is 2. The lowest BCUT2D eigenvalue weighted by Crippen LogP contribution is -2.54. The van der Waals surface area contributed by atoms with Crippen LogP contribution in [0.4, 0.5) is 13.6 Å². The lowest BCUT2D eigenvalue weighted by molar-refractivity contribution is 0.0558. The van der Waals surface area contributed by atoms with Crippen LogP contribution in [-0.2, 0) is 70.3 Å². The summed E-state index contributed by atoms with van der Waals surface area (Å²) in [6, 6.07) is 41.3. The second kappa shape index (κ2) is 36.1. The van der Waals surface area contributed by atoms with Crippen molar-refractivity contribution < 1.29 is 59.4 Å². The van der Waals surface area contributed by atoms with Crippen molar-refractivity contribution in [3.63, 3.8) is 0 Å². The highest BCUT2D eigenvalue weighted by Crippen LogP contribution is 2.39. The van der Waals surface area contributed by atoms with E-state index in [2.05, 4.69) is 126 Å².